The Kier molecular flexibility index (Phi) is 6.84. The highest BCUT2D eigenvalue weighted by molar-refractivity contribution is 5.90. The lowest BCUT2D eigenvalue weighted by molar-refractivity contribution is -0.394. The summed E-state index contributed by atoms with van der Waals surface area (Å²) < 4.78 is 11.4. The zero-order chi connectivity index (χ0) is 26.7. The van der Waals surface area contributed by atoms with Gasteiger partial charge in [0.1, 0.15) is 11.9 Å². The van der Waals surface area contributed by atoms with E-state index in [1.54, 1.807) is 31.2 Å². The predicted octanol–water partition coefficient (Wildman–Crippen LogP) is 6.25. The van der Waals surface area contributed by atoms with Crippen LogP contribution in [0.1, 0.15) is 29.4 Å². The number of hydrogen-bond acceptors (Lipinski definition) is 8. The molecule has 1 heterocycles. The fourth-order valence-electron chi connectivity index (χ4n) is 3.65. The molecule has 0 aliphatic rings. The molecule has 0 radical (unpaired) electrons. The molecule has 0 saturated carbocycles. The second-order valence-corrected chi connectivity index (χ2v) is 8.12. The molecule has 0 fully saturated rings. The van der Waals surface area contributed by atoms with Crippen molar-refractivity contribution < 1.29 is 19.3 Å². The van der Waals surface area contributed by atoms with Crippen molar-refractivity contribution in [3.63, 3.8) is 0 Å². The normalized spacial score (nSPS) is 11.2. The van der Waals surface area contributed by atoms with Gasteiger partial charge in [-0.05, 0) is 73.9 Å². The lowest BCUT2D eigenvalue weighted by Crippen LogP contribution is -1.99. The number of H-pyrrole nitrogens is 1. The molecule has 37 heavy (non-hydrogen) atoms. The van der Waals surface area contributed by atoms with Gasteiger partial charge in [-0.15, -0.1) is 0 Å². The van der Waals surface area contributed by atoms with Gasteiger partial charge >= 0.3 is 5.69 Å². The number of nitro groups is 2. The van der Waals surface area contributed by atoms with Crippen LogP contribution in [0.2, 0.25) is 0 Å². The minimum atomic E-state index is -0.755. The summed E-state index contributed by atoms with van der Waals surface area (Å²) in [5.41, 5.74) is 3.71. The number of fused-ring (bicyclic) bond motifs is 1. The molecule has 0 spiro atoms. The zero-order valence-electron chi connectivity index (χ0n) is 20.1. The number of nitrogens with zero attached hydrogens (tertiary/aromatic N) is 4. The molecule has 3 aromatic carbocycles. The van der Waals surface area contributed by atoms with E-state index < -0.39 is 21.2 Å². The fraction of sp³-hybridized carbons (Fsp3) is 0.154. The van der Waals surface area contributed by atoms with Gasteiger partial charge in [0.25, 0.3) is 5.69 Å². The van der Waals surface area contributed by atoms with Crippen LogP contribution in [0.4, 0.5) is 11.4 Å². The maximum Gasteiger partial charge on any atom is 0.318 e. The summed E-state index contributed by atoms with van der Waals surface area (Å²) in [6, 6.07) is 14.0. The van der Waals surface area contributed by atoms with Gasteiger partial charge in [-0.3, -0.25) is 20.2 Å². The van der Waals surface area contributed by atoms with E-state index in [2.05, 4.69) is 16.0 Å². The SMILES string of the molecule is CCOc1cc(/C=C(\C#N)c2nc3cc(C)c(C)cc3[nH]2)ccc1Oc1ccc([N+](=O)[O-])cc1[N+](=O)[O-]. The first-order valence-electron chi connectivity index (χ1n) is 11.2. The summed E-state index contributed by atoms with van der Waals surface area (Å²) in [7, 11) is 0. The number of ether oxygens (including phenoxy) is 2. The van der Waals surface area contributed by atoms with Gasteiger partial charge in [0.15, 0.2) is 11.5 Å². The van der Waals surface area contributed by atoms with Gasteiger partial charge in [0.05, 0.1) is 39.1 Å². The van der Waals surface area contributed by atoms with Crippen molar-refractivity contribution in [2.75, 3.05) is 6.61 Å². The highest BCUT2D eigenvalue weighted by Gasteiger charge is 2.22. The minimum Gasteiger partial charge on any atom is -0.490 e. The molecule has 4 rings (SSSR count). The Labute approximate surface area is 210 Å². The molecule has 0 bridgehead atoms. The van der Waals surface area contributed by atoms with Crippen molar-refractivity contribution in [3.05, 3.63) is 91.3 Å². The molecule has 11 heteroatoms. The third-order valence-corrected chi connectivity index (χ3v) is 5.62. The Morgan fingerprint density at radius 1 is 1.03 bits per heavy atom. The van der Waals surface area contributed by atoms with Crippen LogP contribution in [0.15, 0.2) is 48.5 Å². The molecule has 0 unspecified atom stereocenters. The summed E-state index contributed by atoms with van der Waals surface area (Å²) in [6.45, 7) is 6.04. The molecule has 0 amide bonds. The standard InChI is InChI=1S/C26H21N5O6/c1-4-36-25-12-17(11-18(14-27)26-28-20-9-15(2)16(3)10-21(20)29-26)5-7-24(25)37-23-8-6-19(30(32)33)13-22(23)31(34)35/h5-13H,4H2,1-3H3,(H,28,29)/b18-11+. The van der Waals surface area contributed by atoms with E-state index in [1.807, 2.05) is 26.0 Å². The van der Waals surface area contributed by atoms with E-state index in [0.717, 1.165) is 34.3 Å². The summed E-state index contributed by atoms with van der Waals surface area (Å²) in [4.78, 5) is 28.7. The largest absolute Gasteiger partial charge is 0.490 e. The summed E-state index contributed by atoms with van der Waals surface area (Å²) in [5.74, 6) is 0.689. The molecule has 0 saturated heterocycles. The van der Waals surface area contributed by atoms with Crippen LogP contribution >= 0.6 is 0 Å². The zero-order valence-corrected chi connectivity index (χ0v) is 20.1. The van der Waals surface area contributed by atoms with Crippen LogP contribution in [-0.4, -0.2) is 26.4 Å². The van der Waals surface area contributed by atoms with E-state index in [9.17, 15) is 25.5 Å². The highest BCUT2D eigenvalue weighted by Crippen LogP contribution is 2.39. The second kappa shape index (κ2) is 10.2. The van der Waals surface area contributed by atoms with Gasteiger partial charge in [-0.25, -0.2) is 4.98 Å². The number of rotatable bonds is 8. The number of non-ortho nitro benzene ring substituents is 1. The third-order valence-electron chi connectivity index (χ3n) is 5.62. The van der Waals surface area contributed by atoms with Crippen LogP contribution in [0.3, 0.4) is 0 Å². The van der Waals surface area contributed by atoms with E-state index in [1.165, 1.54) is 6.07 Å². The molecule has 1 aromatic heterocycles. The summed E-state index contributed by atoms with van der Waals surface area (Å²) in [5, 5.41) is 32.3. The number of aromatic amines is 1. The first-order chi connectivity index (χ1) is 17.7. The van der Waals surface area contributed by atoms with E-state index in [-0.39, 0.29) is 23.9 Å². The van der Waals surface area contributed by atoms with E-state index >= 15 is 0 Å². The Bertz CT molecular complexity index is 1580. The Morgan fingerprint density at radius 2 is 1.76 bits per heavy atom. The van der Waals surface area contributed by atoms with Gasteiger partial charge in [-0.1, -0.05) is 6.07 Å². The number of allylic oxidation sites excluding steroid dienone is 1. The van der Waals surface area contributed by atoms with Crippen molar-refractivity contribution in [1.29, 1.82) is 5.26 Å². The first kappa shape index (κ1) is 24.9. The average Bonchev–Trinajstić information content (AvgIpc) is 3.26. The van der Waals surface area contributed by atoms with Crippen LogP contribution in [0, 0.1) is 45.4 Å². The van der Waals surface area contributed by atoms with Crippen molar-refractivity contribution in [1.82, 2.24) is 9.97 Å². The average molecular weight is 499 g/mol. The number of nitro benzene ring substituents is 2. The molecule has 11 nitrogen and oxygen atoms in total. The minimum absolute atomic E-state index is 0.171. The van der Waals surface area contributed by atoms with Gasteiger partial charge in [0.2, 0.25) is 5.75 Å². The first-order valence-corrected chi connectivity index (χ1v) is 11.2. The predicted molar refractivity (Wildman–Crippen MR) is 136 cm³/mol. The third kappa shape index (κ3) is 5.23. The van der Waals surface area contributed by atoms with Crippen molar-refractivity contribution >= 4 is 34.1 Å². The van der Waals surface area contributed by atoms with Crippen LogP contribution in [0.25, 0.3) is 22.7 Å². The molecule has 0 atom stereocenters. The van der Waals surface area contributed by atoms with Crippen molar-refractivity contribution in [2.45, 2.75) is 20.8 Å². The number of aryl methyl sites for hydroxylation is 2. The Balaban J connectivity index is 1.70. The molecule has 0 aliphatic heterocycles. The van der Waals surface area contributed by atoms with E-state index in [0.29, 0.717) is 17.0 Å². The Morgan fingerprint density at radius 3 is 2.43 bits per heavy atom. The summed E-state index contributed by atoms with van der Waals surface area (Å²) in [6.07, 6.45) is 1.64. The number of nitriles is 1. The van der Waals surface area contributed by atoms with Crippen LogP contribution in [0.5, 0.6) is 17.2 Å². The van der Waals surface area contributed by atoms with Crippen molar-refractivity contribution in [3.8, 4) is 23.3 Å². The van der Waals surface area contributed by atoms with Crippen LogP contribution < -0.4 is 9.47 Å². The molecule has 0 aliphatic carbocycles. The van der Waals surface area contributed by atoms with E-state index in [4.69, 9.17) is 9.47 Å². The topological polar surface area (TPSA) is 157 Å². The number of imidazole rings is 1. The second-order valence-electron chi connectivity index (χ2n) is 8.12. The van der Waals surface area contributed by atoms with Gasteiger partial charge in [-0.2, -0.15) is 5.26 Å². The Hall–Kier alpha value is -5.24. The van der Waals surface area contributed by atoms with Gasteiger partial charge in [0, 0.05) is 6.07 Å². The smallest absolute Gasteiger partial charge is 0.318 e. The number of hydrogen-bond donors (Lipinski definition) is 1. The molecule has 4 aromatic rings. The molecular weight excluding hydrogens is 478 g/mol. The van der Waals surface area contributed by atoms with Gasteiger partial charge < -0.3 is 14.5 Å². The summed E-state index contributed by atoms with van der Waals surface area (Å²) >= 11 is 0. The number of nitrogens with one attached hydrogen (secondary N) is 1. The van der Waals surface area contributed by atoms with Crippen molar-refractivity contribution in [2.24, 2.45) is 0 Å². The lowest BCUT2D eigenvalue weighted by atomic mass is 10.1. The lowest BCUT2D eigenvalue weighted by Gasteiger charge is -2.12. The number of benzene rings is 3. The van der Waals surface area contributed by atoms with Crippen LogP contribution in [-0.2, 0) is 0 Å². The fourth-order valence-corrected chi connectivity index (χ4v) is 3.65. The monoisotopic (exact) mass is 499 g/mol. The molecule has 1 N–H and O–H groups in total. The maximum atomic E-state index is 11.5. The highest BCUT2D eigenvalue weighted by atomic mass is 16.6. The quantitative estimate of drug-likeness (QED) is 0.169. The molecular formula is C26H21N5O6. The number of aromatic nitrogens is 2. The maximum absolute atomic E-state index is 11.5. The molecule has 186 valence electrons.